The van der Waals surface area contributed by atoms with E-state index in [2.05, 4.69) is 15.3 Å². The molecule has 3 aromatic rings. The average Bonchev–Trinajstić information content (AvgIpc) is 2.70. The van der Waals surface area contributed by atoms with Gasteiger partial charge in [-0.15, -0.1) is 0 Å². The van der Waals surface area contributed by atoms with Gasteiger partial charge < -0.3 is 10.3 Å². The zero-order valence-corrected chi connectivity index (χ0v) is 17.9. The fourth-order valence-electron chi connectivity index (χ4n) is 2.38. The Morgan fingerprint density at radius 2 is 2.00 bits per heavy atom. The molecule has 7 nitrogen and oxygen atoms in total. The molecule has 0 fully saturated rings. The number of anilines is 1. The van der Waals surface area contributed by atoms with Gasteiger partial charge in [0.15, 0.2) is 10.1 Å². The second-order valence-electron chi connectivity index (χ2n) is 6.11. The number of nitrogens with one attached hydrogen (secondary N) is 2. The molecule has 2 aromatic carbocycles. The van der Waals surface area contributed by atoms with Gasteiger partial charge in [0.2, 0.25) is 15.7 Å². The third-order valence-electron chi connectivity index (χ3n) is 3.97. The molecule has 0 saturated carbocycles. The van der Waals surface area contributed by atoms with Crippen LogP contribution in [0.3, 0.4) is 0 Å². The smallest absolute Gasteiger partial charge is 0.270 e. The molecule has 156 valence electrons. The molecular weight excluding hydrogens is 453 g/mol. The molecule has 1 heterocycles. The summed E-state index contributed by atoms with van der Waals surface area (Å²) in [6.07, 6.45) is 0.930. The summed E-state index contributed by atoms with van der Waals surface area (Å²) in [5.41, 5.74) is -0.149. The number of para-hydroxylation sites is 1. The van der Waals surface area contributed by atoms with Crippen LogP contribution in [0.5, 0.6) is 0 Å². The van der Waals surface area contributed by atoms with Crippen LogP contribution in [0.15, 0.2) is 68.4 Å². The van der Waals surface area contributed by atoms with Gasteiger partial charge in [-0.3, -0.25) is 9.59 Å². The van der Waals surface area contributed by atoms with Crippen molar-refractivity contribution in [3.63, 3.8) is 0 Å². The van der Waals surface area contributed by atoms with E-state index in [9.17, 15) is 22.4 Å². The third kappa shape index (κ3) is 4.89. The highest BCUT2D eigenvalue weighted by Gasteiger charge is 2.23. The van der Waals surface area contributed by atoms with Crippen LogP contribution in [0.2, 0.25) is 5.02 Å². The van der Waals surface area contributed by atoms with Crippen molar-refractivity contribution < 1.29 is 17.6 Å². The zero-order chi connectivity index (χ0) is 21.9. The molecular formula is C19H15ClFN3O4S2. The number of H-pyrrole nitrogens is 1. The van der Waals surface area contributed by atoms with Gasteiger partial charge in [-0.2, -0.15) is 0 Å². The van der Waals surface area contributed by atoms with E-state index in [-0.39, 0.29) is 26.5 Å². The summed E-state index contributed by atoms with van der Waals surface area (Å²) in [6, 6.07) is 9.85. The number of hydrogen-bond acceptors (Lipinski definition) is 6. The first-order valence-corrected chi connectivity index (χ1v) is 11.3. The summed E-state index contributed by atoms with van der Waals surface area (Å²) in [5.74, 6) is -1.26. The third-order valence-corrected chi connectivity index (χ3v) is 7.01. The van der Waals surface area contributed by atoms with Crippen LogP contribution in [0.4, 0.5) is 10.1 Å². The highest BCUT2D eigenvalue weighted by molar-refractivity contribution is 7.99. The molecule has 0 aliphatic carbocycles. The van der Waals surface area contributed by atoms with E-state index in [4.69, 9.17) is 11.6 Å². The number of aromatic amines is 1. The van der Waals surface area contributed by atoms with Crippen molar-refractivity contribution in [3.8, 4) is 0 Å². The number of amides is 1. The molecule has 2 N–H and O–H groups in total. The fourth-order valence-corrected chi connectivity index (χ4v) is 4.52. The lowest BCUT2D eigenvalue weighted by Crippen LogP contribution is -2.20. The number of aromatic nitrogens is 2. The normalized spacial score (nSPS) is 11.3. The summed E-state index contributed by atoms with van der Waals surface area (Å²) in [6.45, 7) is 1.72. The maximum atomic E-state index is 13.6. The summed E-state index contributed by atoms with van der Waals surface area (Å²) in [4.78, 5) is 29.9. The Hall–Kier alpha value is -2.69. The zero-order valence-electron chi connectivity index (χ0n) is 15.5. The van der Waals surface area contributed by atoms with Crippen molar-refractivity contribution in [2.75, 3.05) is 11.1 Å². The number of hydrogen-bond donors (Lipinski definition) is 2. The van der Waals surface area contributed by atoms with Crippen molar-refractivity contribution >= 4 is 44.8 Å². The summed E-state index contributed by atoms with van der Waals surface area (Å²) < 4.78 is 39.0. The van der Waals surface area contributed by atoms with Crippen LogP contribution >= 0.6 is 23.4 Å². The average molecular weight is 468 g/mol. The Labute approximate surface area is 180 Å². The maximum Gasteiger partial charge on any atom is 0.270 e. The largest absolute Gasteiger partial charge is 0.323 e. The van der Waals surface area contributed by atoms with Crippen molar-refractivity contribution in [1.29, 1.82) is 0 Å². The molecule has 3 rings (SSSR count). The molecule has 0 radical (unpaired) electrons. The van der Waals surface area contributed by atoms with Gasteiger partial charge in [0.1, 0.15) is 5.82 Å². The fraction of sp³-hybridized carbons (Fsp3) is 0.105. The molecule has 0 aliphatic rings. The van der Waals surface area contributed by atoms with Gasteiger partial charge >= 0.3 is 0 Å². The lowest BCUT2D eigenvalue weighted by atomic mass is 10.2. The minimum Gasteiger partial charge on any atom is -0.323 e. The van der Waals surface area contributed by atoms with Gasteiger partial charge in [0.25, 0.3) is 5.56 Å². The predicted molar refractivity (Wildman–Crippen MR) is 112 cm³/mol. The monoisotopic (exact) mass is 467 g/mol. The first kappa shape index (κ1) is 22.0. The maximum absolute atomic E-state index is 13.6. The number of halogens is 2. The SMILES string of the molecule is Cc1ccc(S(=O)(=O)c2cnc(SCC(=O)Nc3ccccc3F)[nH]c2=O)cc1Cl. The van der Waals surface area contributed by atoms with E-state index in [1.165, 1.54) is 36.4 Å². The minimum absolute atomic E-state index is 0.0303. The Bertz CT molecular complexity index is 1280. The van der Waals surface area contributed by atoms with Crippen LogP contribution in [-0.4, -0.2) is 30.0 Å². The molecule has 11 heteroatoms. The lowest BCUT2D eigenvalue weighted by Gasteiger charge is -2.07. The number of rotatable bonds is 6. The number of carbonyl (C=O) groups excluding carboxylic acids is 1. The van der Waals surface area contributed by atoms with Gasteiger partial charge in [-0.05, 0) is 36.8 Å². The lowest BCUT2D eigenvalue weighted by molar-refractivity contribution is -0.113. The number of nitrogens with zero attached hydrogens (tertiary/aromatic N) is 1. The van der Waals surface area contributed by atoms with E-state index in [0.717, 1.165) is 18.0 Å². The van der Waals surface area contributed by atoms with Crippen LogP contribution in [-0.2, 0) is 14.6 Å². The predicted octanol–water partition coefficient (Wildman–Crippen LogP) is 3.43. The standard InChI is InChI=1S/C19H15ClFN3O4S2/c1-11-6-7-12(8-13(11)20)30(27,28)16-9-22-19(24-18(16)26)29-10-17(25)23-15-5-3-2-4-14(15)21/h2-9H,10H2,1H3,(H,23,25)(H,22,24,26). The molecule has 30 heavy (non-hydrogen) atoms. The first-order valence-electron chi connectivity index (χ1n) is 8.46. The van der Waals surface area contributed by atoms with Crippen LogP contribution in [0.25, 0.3) is 0 Å². The number of benzene rings is 2. The van der Waals surface area contributed by atoms with Crippen LogP contribution < -0.4 is 10.9 Å². The molecule has 1 amide bonds. The molecule has 0 saturated heterocycles. The van der Waals surface area contributed by atoms with Crippen molar-refractivity contribution in [1.82, 2.24) is 9.97 Å². The second-order valence-corrected chi connectivity index (χ2v) is 9.40. The topological polar surface area (TPSA) is 109 Å². The number of carbonyl (C=O) groups is 1. The number of sulfone groups is 1. The van der Waals surface area contributed by atoms with Gasteiger partial charge in [0.05, 0.1) is 22.5 Å². The quantitative estimate of drug-likeness (QED) is 0.424. The number of thioether (sulfide) groups is 1. The summed E-state index contributed by atoms with van der Waals surface area (Å²) in [5, 5.41) is 2.70. The molecule has 0 bridgehead atoms. The van der Waals surface area contributed by atoms with Crippen molar-refractivity contribution in [3.05, 3.63) is 75.4 Å². The van der Waals surface area contributed by atoms with Gasteiger partial charge in [-0.25, -0.2) is 17.8 Å². The van der Waals surface area contributed by atoms with E-state index < -0.39 is 32.0 Å². The Morgan fingerprint density at radius 3 is 2.67 bits per heavy atom. The molecule has 0 unspecified atom stereocenters. The second kappa shape index (κ2) is 8.99. The van der Waals surface area contributed by atoms with Crippen molar-refractivity contribution in [2.24, 2.45) is 0 Å². The minimum atomic E-state index is -4.12. The van der Waals surface area contributed by atoms with E-state index in [0.29, 0.717) is 5.56 Å². The van der Waals surface area contributed by atoms with Gasteiger partial charge in [0, 0.05) is 5.02 Å². The first-order chi connectivity index (χ1) is 14.2. The highest BCUT2D eigenvalue weighted by atomic mass is 35.5. The van der Waals surface area contributed by atoms with Crippen LogP contribution in [0.1, 0.15) is 5.56 Å². The molecule has 0 atom stereocenters. The Morgan fingerprint density at radius 1 is 1.27 bits per heavy atom. The molecule has 0 spiro atoms. The van der Waals surface area contributed by atoms with Crippen LogP contribution in [0, 0.1) is 12.7 Å². The van der Waals surface area contributed by atoms with E-state index >= 15 is 0 Å². The van der Waals surface area contributed by atoms with Gasteiger partial charge in [-0.1, -0.05) is 41.6 Å². The van der Waals surface area contributed by atoms with Crippen molar-refractivity contribution in [2.45, 2.75) is 21.9 Å². The van der Waals surface area contributed by atoms with E-state index in [1.54, 1.807) is 13.0 Å². The Kier molecular flexibility index (Phi) is 6.59. The number of aryl methyl sites for hydroxylation is 1. The van der Waals surface area contributed by atoms with E-state index in [1.807, 2.05) is 0 Å². The Balaban J connectivity index is 1.73. The molecule has 1 aromatic heterocycles. The summed E-state index contributed by atoms with van der Waals surface area (Å²) >= 11 is 6.85. The molecule has 0 aliphatic heterocycles. The highest BCUT2D eigenvalue weighted by Crippen LogP contribution is 2.24. The summed E-state index contributed by atoms with van der Waals surface area (Å²) in [7, 11) is -4.12.